The molecule has 0 N–H and O–H groups in total. The Bertz CT molecular complexity index is 756. The zero-order valence-corrected chi connectivity index (χ0v) is 13.8. The van der Waals surface area contributed by atoms with Gasteiger partial charge in [-0.15, -0.1) is 10.2 Å². The maximum atomic E-state index is 6.03. The largest absolute Gasteiger partial charge is 0.302 e. The number of halogens is 1. The van der Waals surface area contributed by atoms with Crippen LogP contribution in [0.2, 0.25) is 5.02 Å². The summed E-state index contributed by atoms with van der Waals surface area (Å²) in [4.78, 5) is 0. The standard InChI is InChI=1S/C17H16ClN3S/c1-2-21-16(14-8-4-3-5-9-14)19-20-17(21)22-12-13-7-6-10-15(18)11-13/h3-11H,2,12H2,1H3. The van der Waals surface area contributed by atoms with E-state index in [-0.39, 0.29) is 0 Å². The summed E-state index contributed by atoms with van der Waals surface area (Å²) in [6.07, 6.45) is 0. The fourth-order valence-corrected chi connectivity index (χ4v) is 3.41. The Balaban J connectivity index is 1.81. The second-order valence-corrected chi connectivity index (χ2v) is 6.21. The molecular formula is C17H16ClN3S. The molecule has 3 nitrogen and oxygen atoms in total. The lowest BCUT2D eigenvalue weighted by molar-refractivity contribution is 0.687. The van der Waals surface area contributed by atoms with Crippen LogP contribution in [0, 0.1) is 0 Å². The molecule has 112 valence electrons. The number of thioether (sulfide) groups is 1. The van der Waals surface area contributed by atoms with E-state index >= 15 is 0 Å². The van der Waals surface area contributed by atoms with Crippen molar-refractivity contribution in [2.45, 2.75) is 24.4 Å². The second kappa shape index (κ2) is 6.99. The van der Waals surface area contributed by atoms with Crippen LogP contribution < -0.4 is 0 Å². The summed E-state index contributed by atoms with van der Waals surface area (Å²) in [7, 11) is 0. The van der Waals surface area contributed by atoms with Crippen LogP contribution in [-0.4, -0.2) is 14.8 Å². The molecule has 1 heterocycles. The van der Waals surface area contributed by atoms with Gasteiger partial charge in [0.25, 0.3) is 0 Å². The Labute approximate surface area is 139 Å². The van der Waals surface area contributed by atoms with Crippen molar-refractivity contribution in [1.29, 1.82) is 0 Å². The maximum absolute atomic E-state index is 6.03. The Morgan fingerprint density at radius 3 is 2.59 bits per heavy atom. The number of aromatic nitrogens is 3. The number of nitrogens with zero attached hydrogens (tertiary/aromatic N) is 3. The monoisotopic (exact) mass is 329 g/mol. The molecule has 5 heteroatoms. The first-order valence-electron chi connectivity index (χ1n) is 7.14. The maximum Gasteiger partial charge on any atom is 0.191 e. The molecule has 0 aliphatic carbocycles. The van der Waals surface area contributed by atoms with Crippen LogP contribution in [0.5, 0.6) is 0 Å². The van der Waals surface area contributed by atoms with Gasteiger partial charge in [-0.05, 0) is 24.6 Å². The SMILES string of the molecule is CCn1c(SCc2cccc(Cl)c2)nnc1-c1ccccc1. The first-order chi connectivity index (χ1) is 10.8. The van der Waals surface area contributed by atoms with Crippen LogP contribution in [0.3, 0.4) is 0 Å². The van der Waals surface area contributed by atoms with Crippen LogP contribution in [0.25, 0.3) is 11.4 Å². The van der Waals surface area contributed by atoms with E-state index in [1.807, 2.05) is 36.4 Å². The van der Waals surface area contributed by atoms with E-state index in [9.17, 15) is 0 Å². The lowest BCUT2D eigenvalue weighted by Gasteiger charge is -2.07. The molecule has 1 aromatic heterocycles. The number of rotatable bonds is 5. The highest BCUT2D eigenvalue weighted by Gasteiger charge is 2.12. The van der Waals surface area contributed by atoms with Crippen molar-refractivity contribution < 1.29 is 0 Å². The van der Waals surface area contributed by atoms with E-state index in [4.69, 9.17) is 11.6 Å². The third kappa shape index (κ3) is 3.34. The fraction of sp³-hybridized carbons (Fsp3) is 0.176. The minimum absolute atomic E-state index is 0.764. The minimum atomic E-state index is 0.764. The van der Waals surface area contributed by atoms with Crippen molar-refractivity contribution in [1.82, 2.24) is 14.8 Å². The van der Waals surface area contributed by atoms with Crippen LogP contribution in [0.15, 0.2) is 59.8 Å². The van der Waals surface area contributed by atoms with Gasteiger partial charge in [0.15, 0.2) is 11.0 Å². The molecule has 0 saturated heterocycles. The predicted octanol–water partition coefficient (Wildman–Crippen LogP) is 4.91. The molecule has 0 amide bonds. The van der Waals surface area contributed by atoms with Gasteiger partial charge < -0.3 is 4.57 Å². The lowest BCUT2D eigenvalue weighted by atomic mass is 10.2. The fourth-order valence-electron chi connectivity index (χ4n) is 2.26. The molecule has 0 aliphatic heterocycles. The summed E-state index contributed by atoms with van der Waals surface area (Å²) in [6.45, 7) is 2.95. The van der Waals surface area contributed by atoms with Gasteiger partial charge >= 0.3 is 0 Å². The van der Waals surface area contributed by atoms with Crippen LogP contribution in [-0.2, 0) is 12.3 Å². The Morgan fingerprint density at radius 2 is 1.86 bits per heavy atom. The van der Waals surface area contributed by atoms with Crippen LogP contribution in [0.1, 0.15) is 12.5 Å². The van der Waals surface area contributed by atoms with E-state index < -0.39 is 0 Å². The molecule has 3 aromatic rings. The zero-order valence-electron chi connectivity index (χ0n) is 12.2. The third-order valence-electron chi connectivity index (χ3n) is 3.32. The highest BCUT2D eigenvalue weighted by molar-refractivity contribution is 7.98. The van der Waals surface area contributed by atoms with E-state index in [0.29, 0.717) is 0 Å². The van der Waals surface area contributed by atoms with Crippen molar-refractivity contribution in [3.63, 3.8) is 0 Å². The van der Waals surface area contributed by atoms with Gasteiger partial charge in [0.05, 0.1) is 0 Å². The first-order valence-corrected chi connectivity index (χ1v) is 8.50. The summed E-state index contributed by atoms with van der Waals surface area (Å²) in [5.41, 5.74) is 2.27. The van der Waals surface area contributed by atoms with Gasteiger partial charge in [0, 0.05) is 22.9 Å². The van der Waals surface area contributed by atoms with E-state index in [0.717, 1.165) is 33.9 Å². The summed E-state index contributed by atoms with van der Waals surface area (Å²) in [6, 6.07) is 18.1. The Morgan fingerprint density at radius 1 is 1.05 bits per heavy atom. The Kier molecular flexibility index (Phi) is 4.80. The summed E-state index contributed by atoms with van der Waals surface area (Å²) in [5, 5.41) is 10.4. The van der Waals surface area contributed by atoms with Crippen molar-refractivity contribution >= 4 is 23.4 Å². The Hall–Kier alpha value is -1.78. The van der Waals surface area contributed by atoms with E-state index in [1.165, 1.54) is 5.56 Å². The molecule has 0 fully saturated rings. The molecule has 0 unspecified atom stereocenters. The average molecular weight is 330 g/mol. The van der Waals surface area contributed by atoms with Crippen molar-refractivity contribution in [3.8, 4) is 11.4 Å². The molecular weight excluding hydrogens is 314 g/mol. The third-order valence-corrected chi connectivity index (χ3v) is 4.60. The van der Waals surface area contributed by atoms with Gasteiger partial charge in [-0.3, -0.25) is 0 Å². The minimum Gasteiger partial charge on any atom is -0.302 e. The molecule has 22 heavy (non-hydrogen) atoms. The second-order valence-electron chi connectivity index (χ2n) is 4.84. The quantitative estimate of drug-likeness (QED) is 0.623. The normalized spacial score (nSPS) is 10.8. The van der Waals surface area contributed by atoms with Crippen molar-refractivity contribution in [3.05, 3.63) is 65.2 Å². The van der Waals surface area contributed by atoms with Crippen molar-refractivity contribution in [2.24, 2.45) is 0 Å². The zero-order chi connectivity index (χ0) is 15.4. The smallest absolute Gasteiger partial charge is 0.191 e. The summed E-state index contributed by atoms with van der Waals surface area (Å²) in [5.74, 6) is 1.74. The number of hydrogen-bond donors (Lipinski definition) is 0. The van der Waals surface area contributed by atoms with Gasteiger partial charge in [-0.1, -0.05) is 65.8 Å². The van der Waals surface area contributed by atoms with Gasteiger partial charge in [-0.2, -0.15) is 0 Å². The summed E-state index contributed by atoms with van der Waals surface area (Å²) < 4.78 is 2.14. The molecule has 2 aromatic carbocycles. The van der Waals surface area contributed by atoms with Gasteiger partial charge in [-0.25, -0.2) is 0 Å². The highest BCUT2D eigenvalue weighted by Crippen LogP contribution is 2.26. The van der Waals surface area contributed by atoms with Gasteiger partial charge in [0.2, 0.25) is 0 Å². The van der Waals surface area contributed by atoms with Crippen molar-refractivity contribution in [2.75, 3.05) is 0 Å². The highest BCUT2D eigenvalue weighted by atomic mass is 35.5. The number of hydrogen-bond acceptors (Lipinski definition) is 3. The molecule has 3 rings (SSSR count). The molecule has 0 saturated carbocycles. The lowest BCUT2D eigenvalue weighted by Crippen LogP contribution is -1.99. The summed E-state index contributed by atoms with van der Waals surface area (Å²) >= 11 is 7.71. The molecule has 0 spiro atoms. The number of benzene rings is 2. The van der Waals surface area contributed by atoms with Crippen LogP contribution in [0.4, 0.5) is 0 Å². The van der Waals surface area contributed by atoms with Crippen LogP contribution >= 0.6 is 23.4 Å². The van der Waals surface area contributed by atoms with E-state index in [2.05, 4.69) is 39.9 Å². The molecule has 0 atom stereocenters. The molecule has 0 aliphatic rings. The van der Waals surface area contributed by atoms with Gasteiger partial charge in [0.1, 0.15) is 0 Å². The average Bonchev–Trinajstić information content (AvgIpc) is 2.97. The molecule has 0 radical (unpaired) electrons. The first kappa shape index (κ1) is 15.1. The molecule has 0 bridgehead atoms. The predicted molar refractivity (Wildman–Crippen MR) is 92.1 cm³/mol. The van der Waals surface area contributed by atoms with E-state index in [1.54, 1.807) is 11.8 Å². The topological polar surface area (TPSA) is 30.7 Å².